The molecule has 0 heterocycles. The largest absolute Gasteiger partial charge is 0.513 e. The van der Waals surface area contributed by atoms with E-state index in [0.29, 0.717) is 6.42 Å². The number of non-ortho nitro benzene ring substituents is 1. The fourth-order valence-electron chi connectivity index (χ4n) is 1.34. The maximum absolute atomic E-state index is 11.3. The van der Waals surface area contributed by atoms with Crippen LogP contribution in [0, 0.1) is 10.1 Å². The van der Waals surface area contributed by atoms with Crippen LogP contribution < -0.4 is 4.74 Å². The zero-order valence-electron chi connectivity index (χ0n) is 10.7. The van der Waals surface area contributed by atoms with Gasteiger partial charge < -0.3 is 9.47 Å². The number of ether oxygens (including phenoxy) is 2. The number of benzene rings is 1. The minimum absolute atomic E-state index is 0.0712. The SMILES string of the molecule is O=C(OCCCC/C=C/Cl)Oc1ccc([N+](=O)[O-])cc1. The van der Waals surface area contributed by atoms with E-state index in [2.05, 4.69) is 0 Å². The van der Waals surface area contributed by atoms with Crippen molar-refractivity contribution in [3.8, 4) is 5.75 Å². The zero-order valence-corrected chi connectivity index (χ0v) is 11.4. The fraction of sp³-hybridized carbons (Fsp3) is 0.308. The molecule has 108 valence electrons. The highest BCUT2D eigenvalue weighted by Gasteiger charge is 2.08. The van der Waals surface area contributed by atoms with Crippen LogP contribution in [0.1, 0.15) is 19.3 Å². The molecule has 0 unspecified atom stereocenters. The molecule has 1 aromatic rings. The summed E-state index contributed by atoms with van der Waals surface area (Å²) in [6, 6.07) is 5.18. The molecule has 0 spiro atoms. The number of nitro groups is 1. The molecule has 0 fully saturated rings. The van der Waals surface area contributed by atoms with Gasteiger partial charge >= 0.3 is 6.16 Å². The van der Waals surface area contributed by atoms with Crippen molar-refractivity contribution in [3.63, 3.8) is 0 Å². The summed E-state index contributed by atoms with van der Waals surface area (Å²) in [6.07, 6.45) is 3.37. The Labute approximate surface area is 121 Å². The third-order valence-corrected chi connectivity index (χ3v) is 2.50. The number of halogens is 1. The Morgan fingerprint density at radius 3 is 2.60 bits per heavy atom. The molecule has 0 radical (unpaired) electrons. The lowest BCUT2D eigenvalue weighted by molar-refractivity contribution is -0.384. The Balaban J connectivity index is 2.26. The van der Waals surface area contributed by atoms with Crippen molar-refractivity contribution in [1.29, 1.82) is 0 Å². The van der Waals surface area contributed by atoms with Crippen LogP contribution in [0.3, 0.4) is 0 Å². The molecule has 0 aliphatic rings. The summed E-state index contributed by atoms with van der Waals surface area (Å²) in [5.41, 5.74) is 1.38. The first-order valence-electron chi connectivity index (χ1n) is 5.98. The van der Waals surface area contributed by atoms with Crippen LogP contribution in [0.15, 0.2) is 35.9 Å². The number of hydrogen-bond donors (Lipinski definition) is 0. The Morgan fingerprint density at radius 2 is 2.00 bits per heavy atom. The highest BCUT2D eigenvalue weighted by Crippen LogP contribution is 2.17. The van der Waals surface area contributed by atoms with Gasteiger partial charge in [-0.1, -0.05) is 17.7 Å². The highest BCUT2D eigenvalue weighted by atomic mass is 35.5. The number of hydrogen-bond acceptors (Lipinski definition) is 5. The van der Waals surface area contributed by atoms with Gasteiger partial charge in [-0.2, -0.15) is 0 Å². The van der Waals surface area contributed by atoms with E-state index in [9.17, 15) is 14.9 Å². The van der Waals surface area contributed by atoms with Crippen LogP contribution in [-0.2, 0) is 4.74 Å². The van der Waals surface area contributed by atoms with Crippen molar-refractivity contribution in [1.82, 2.24) is 0 Å². The Morgan fingerprint density at radius 1 is 1.30 bits per heavy atom. The van der Waals surface area contributed by atoms with Crippen molar-refractivity contribution in [2.75, 3.05) is 6.61 Å². The topological polar surface area (TPSA) is 78.7 Å². The van der Waals surface area contributed by atoms with E-state index >= 15 is 0 Å². The first-order chi connectivity index (χ1) is 9.63. The monoisotopic (exact) mass is 299 g/mol. The second-order valence-corrected chi connectivity index (χ2v) is 4.06. The average Bonchev–Trinajstić information content (AvgIpc) is 2.43. The first-order valence-corrected chi connectivity index (χ1v) is 6.41. The number of rotatable bonds is 7. The van der Waals surface area contributed by atoms with Gasteiger partial charge in [-0.25, -0.2) is 4.79 Å². The smallest absolute Gasteiger partial charge is 0.434 e. The molecule has 0 aromatic heterocycles. The quantitative estimate of drug-likeness (QED) is 0.250. The molecule has 20 heavy (non-hydrogen) atoms. The number of nitrogens with zero attached hydrogens (tertiary/aromatic N) is 1. The summed E-state index contributed by atoms with van der Waals surface area (Å²) >= 11 is 5.36. The molecule has 0 amide bonds. The lowest BCUT2D eigenvalue weighted by Crippen LogP contribution is -2.11. The maximum Gasteiger partial charge on any atom is 0.513 e. The molecular weight excluding hydrogens is 286 g/mol. The summed E-state index contributed by atoms with van der Waals surface area (Å²) in [5, 5.41) is 10.4. The van der Waals surface area contributed by atoms with Crippen LogP contribution in [-0.4, -0.2) is 17.7 Å². The van der Waals surface area contributed by atoms with E-state index in [1.54, 1.807) is 0 Å². The molecule has 0 bridgehead atoms. The van der Waals surface area contributed by atoms with Gasteiger partial charge in [-0.05, 0) is 31.4 Å². The molecule has 6 nitrogen and oxygen atoms in total. The van der Waals surface area contributed by atoms with Gasteiger partial charge in [0.15, 0.2) is 0 Å². The molecule has 1 rings (SSSR count). The van der Waals surface area contributed by atoms with Gasteiger partial charge in [0.2, 0.25) is 0 Å². The van der Waals surface area contributed by atoms with E-state index in [1.165, 1.54) is 29.8 Å². The molecule has 0 saturated carbocycles. The van der Waals surface area contributed by atoms with Crippen LogP contribution >= 0.6 is 11.6 Å². The minimum atomic E-state index is -0.827. The zero-order chi connectivity index (χ0) is 14.8. The maximum atomic E-state index is 11.3. The van der Waals surface area contributed by atoms with Crippen LogP contribution in [0.5, 0.6) is 5.75 Å². The minimum Gasteiger partial charge on any atom is -0.434 e. The summed E-state index contributed by atoms with van der Waals surface area (Å²) < 4.78 is 9.71. The van der Waals surface area contributed by atoms with Gasteiger partial charge in [0.05, 0.1) is 11.5 Å². The highest BCUT2D eigenvalue weighted by molar-refractivity contribution is 6.25. The third-order valence-electron chi connectivity index (χ3n) is 2.32. The van der Waals surface area contributed by atoms with E-state index in [-0.39, 0.29) is 18.0 Å². The molecule has 1 aromatic carbocycles. The first kappa shape index (κ1) is 16.0. The third kappa shape index (κ3) is 6.19. The van der Waals surface area contributed by atoms with Gasteiger partial charge in [0, 0.05) is 17.7 Å². The molecule has 0 saturated heterocycles. The van der Waals surface area contributed by atoms with E-state index in [1.807, 2.05) is 6.08 Å². The van der Waals surface area contributed by atoms with Crippen LogP contribution in [0.25, 0.3) is 0 Å². The van der Waals surface area contributed by atoms with Crippen LogP contribution in [0.4, 0.5) is 10.5 Å². The molecular formula is C13H14ClNO5. The standard InChI is InChI=1S/C13H14ClNO5/c14-9-3-1-2-4-10-19-13(16)20-12-7-5-11(6-8-12)15(17)18/h3,5-9H,1-2,4,10H2/b9-3+. The summed E-state index contributed by atoms with van der Waals surface area (Å²) in [5.74, 6) is 0.200. The second kappa shape index (κ2) is 8.92. The van der Waals surface area contributed by atoms with Crippen molar-refractivity contribution in [2.24, 2.45) is 0 Å². The predicted octanol–water partition coefficient (Wildman–Crippen LogP) is 4.03. The number of carbonyl (C=O) groups is 1. The van der Waals surface area contributed by atoms with Crippen molar-refractivity contribution in [3.05, 3.63) is 46.0 Å². The normalized spacial score (nSPS) is 10.4. The van der Waals surface area contributed by atoms with Crippen LogP contribution in [0.2, 0.25) is 0 Å². The molecule has 7 heteroatoms. The summed E-state index contributed by atoms with van der Waals surface area (Å²) in [6.45, 7) is 0.252. The Kier molecular flexibility index (Phi) is 7.13. The lowest BCUT2D eigenvalue weighted by Gasteiger charge is -2.05. The predicted molar refractivity (Wildman–Crippen MR) is 73.9 cm³/mol. The average molecular weight is 300 g/mol. The van der Waals surface area contributed by atoms with E-state index in [4.69, 9.17) is 21.1 Å². The number of carbonyl (C=O) groups excluding carboxylic acids is 1. The summed E-state index contributed by atoms with van der Waals surface area (Å²) in [4.78, 5) is 21.2. The number of nitro benzene ring substituents is 1. The van der Waals surface area contributed by atoms with Crippen molar-refractivity contribution in [2.45, 2.75) is 19.3 Å². The number of unbranched alkanes of at least 4 members (excludes halogenated alkanes) is 2. The summed E-state index contributed by atoms with van der Waals surface area (Å²) in [7, 11) is 0. The van der Waals surface area contributed by atoms with Crippen molar-refractivity contribution >= 4 is 23.4 Å². The molecule has 0 N–H and O–H groups in total. The fourth-order valence-corrected chi connectivity index (χ4v) is 1.47. The van der Waals surface area contributed by atoms with Gasteiger partial charge in [-0.15, -0.1) is 0 Å². The molecule has 0 aliphatic carbocycles. The van der Waals surface area contributed by atoms with E-state index in [0.717, 1.165) is 12.8 Å². The Hall–Kier alpha value is -2.08. The van der Waals surface area contributed by atoms with Gasteiger partial charge in [0.25, 0.3) is 5.69 Å². The van der Waals surface area contributed by atoms with Gasteiger partial charge in [0.1, 0.15) is 5.75 Å². The number of allylic oxidation sites excluding steroid dienone is 1. The van der Waals surface area contributed by atoms with E-state index < -0.39 is 11.1 Å². The van der Waals surface area contributed by atoms with Crippen molar-refractivity contribution < 1.29 is 19.2 Å². The Bertz CT molecular complexity index is 472. The lowest BCUT2D eigenvalue weighted by atomic mass is 10.2. The second-order valence-electron chi connectivity index (χ2n) is 3.81. The molecule has 0 aliphatic heterocycles. The van der Waals surface area contributed by atoms with Gasteiger partial charge in [-0.3, -0.25) is 10.1 Å². The molecule has 0 atom stereocenters.